The zero-order valence-electron chi connectivity index (χ0n) is 19.4. The van der Waals surface area contributed by atoms with E-state index < -0.39 is 23.7 Å². The number of nitrogens with one attached hydrogen (secondary N) is 1. The molecule has 7 nitrogen and oxygen atoms in total. The number of amides is 1. The summed E-state index contributed by atoms with van der Waals surface area (Å²) in [7, 11) is 0. The van der Waals surface area contributed by atoms with Gasteiger partial charge in [-0.3, -0.25) is 0 Å². The highest BCUT2D eigenvalue weighted by Gasteiger charge is 2.24. The van der Waals surface area contributed by atoms with Gasteiger partial charge in [-0.25, -0.2) is 14.4 Å². The third-order valence-corrected chi connectivity index (χ3v) is 6.15. The molecule has 0 spiro atoms. The van der Waals surface area contributed by atoms with E-state index in [0.717, 1.165) is 21.9 Å². The van der Waals surface area contributed by atoms with E-state index in [2.05, 4.69) is 5.32 Å². The van der Waals surface area contributed by atoms with Gasteiger partial charge in [0.2, 0.25) is 0 Å². The van der Waals surface area contributed by atoms with Crippen molar-refractivity contribution in [2.24, 2.45) is 0 Å². The number of fused-ring (bicyclic) bond motifs is 3. The fourth-order valence-electron chi connectivity index (χ4n) is 3.82. The minimum Gasteiger partial charge on any atom is -0.445 e. The standard InChI is InChI=1S/C27H25NO6S/c1-17-14-19(15-23-24(17)20-10-6-7-11-21(20)25(29)34-23)33-26(30)22(12-13-35-2)28-27(31)32-16-18-8-4-3-5-9-18/h3-11,14-15,22H,12-13,16H2,1-2H3,(H,28,31). The number of thioether (sulfide) groups is 1. The Morgan fingerprint density at radius 3 is 2.49 bits per heavy atom. The molecule has 35 heavy (non-hydrogen) atoms. The van der Waals surface area contributed by atoms with Crippen LogP contribution in [-0.4, -0.2) is 30.1 Å². The van der Waals surface area contributed by atoms with Crippen molar-refractivity contribution in [3.8, 4) is 5.75 Å². The molecule has 1 N–H and O–H groups in total. The monoisotopic (exact) mass is 491 g/mol. The van der Waals surface area contributed by atoms with Crippen molar-refractivity contribution in [3.63, 3.8) is 0 Å². The Balaban J connectivity index is 1.51. The number of hydrogen-bond donors (Lipinski definition) is 1. The minimum absolute atomic E-state index is 0.0911. The number of rotatable bonds is 8. The molecule has 0 fully saturated rings. The van der Waals surface area contributed by atoms with Crippen LogP contribution in [0.5, 0.6) is 5.75 Å². The van der Waals surface area contributed by atoms with Crippen LogP contribution >= 0.6 is 11.8 Å². The summed E-state index contributed by atoms with van der Waals surface area (Å²) in [4.78, 5) is 37.7. The van der Waals surface area contributed by atoms with E-state index in [4.69, 9.17) is 13.9 Å². The highest BCUT2D eigenvalue weighted by molar-refractivity contribution is 7.98. The number of hydrogen-bond acceptors (Lipinski definition) is 7. The molecular formula is C27H25NO6S. The summed E-state index contributed by atoms with van der Waals surface area (Å²) in [5.41, 5.74) is 1.50. The molecule has 4 aromatic rings. The molecular weight excluding hydrogens is 466 g/mol. The summed E-state index contributed by atoms with van der Waals surface area (Å²) in [5, 5.41) is 4.65. The van der Waals surface area contributed by atoms with Crippen LogP contribution in [0.3, 0.4) is 0 Å². The Kier molecular flexibility index (Phi) is 7.72. The largest absolute Gasteiger partial charge is 0.445 e. The Morgan fingerprint density at radius 1 is 1.03 bits per heavy atom. The smallest absolute Gasteiger partial charge is 0.408 e. The van der Waals surface area contributed by atoms with E-state index >= 15 is 0 Å². The van der Waals surface area contributed by atoms with Crippen LogP contribution in [-0.2, 0) is 16.1 Å². The van der Waals surface area contributed by atoms with Gasteiger partial charge in [0.05, 0.1) is 5.39 Å². The van der Waals surface area contributed by atoms with Crippen molar-refractivity contribution in [1.29, 1.82) is 0 Å². The fraction of sp³-hybridized carbons (Fsp3) is 0.222. The van der Waals surface area contributed by atoms with Crippen LogP contribution in [0.25, 0.3) is 21.7 Å². The first-order chi connectivity index (χ1) is 17.0. The van der Waals surface area contributed by atoms with E-state index in [9.17, 15) is 14.4 Å². The molecule has 0 radical (unpaired) electrons. The highest BCUT2D eigenvalue weighted by Crippen LogP contribution is 2.30. The van der Waals surface area contributed by atoms with Gasteiger partial charge in [-0.2, -0.15) is 11.8 Å². The molecule has 1 heterocycles. The SMILES string of the molecule is CSCCC(NC(=O)OCc1ccccc1)C(=O)Oc1cc(C)c2c(c1)oc(=O)c1ccccc12. The maximum atomic E-state index is 13.0. The fourth-order valence-corrected chi connectivity index (χ4v) is 4.29. The zero-order chi connectivity index (χ0) is 24.8. The Morgan fingerprint density at radius 2 is 1.74 bits per heavy atom. The number of benzene rings is 3. The third-order valence-electron chi connectivity index (χ3n) is 5.51. The lowest BCUT2D eigenvalue weighted by molar-refractivity contribution is -0.136. The normalized spacial score (nSPS) is 11.8. The molecule has 0 aliphatic heterocycles. The summed E-state index contributed by atoms with van der Waals surface area (Å²) in [6.07, 6.45) is 1.58. The number of carbonyl (C=O) groups is 2. The number of aryl methyl sites for hydroxylation is 1. The van der Waals surface area contributed by atoms with Crippen molar-refractivity contribution in [2.75, 3.05) is 12.0 Å². The van der Waals surface area contributed by atoms with Gasteiger partial charge in [0.1, 0.15) is 24.0 Å². The number of ether oxygens (including phenoxy) is 2. The number of carbonyl (C=O) groups excluding carboxylic acids is 2. The van der Waals surface area contributed by atoms with Crippen LogP contribution in [0, 0.1) is 6.92 Å². The lowest BCUT2D eigenvalue weighted by Gasteiger charge is -2.17. The maximum Gasteiger partial charge on any atom is 0.408 e. The molecule has 0 aliphatic carbocycles. The van der Waals surface area contributed by atoms with Gasteiger partial charge in [0.15, 0.2) is 0 Å². The second-order valence-corrected chi connectivity index (χ2v) is 9.00. The molecule has 0 bridgehead atoms. The van der Waals surface area contributed by atoms with E-state index in [1.54, 1.807) is 30.0 Å². The Hall–Kier alpha value is -3.78. The van der Waals surface area contributed by atoms with Crippen molar-refractivity contribution >= 4 is 45.6 Å². The second kappa shape index (κ2) is 11.1. The van der Waals surface area contributed by atoms with Crippen LogP contribution in [0.2, 0.25) is 0 Å². The number of alkyl carbamates (subject to hydrolysis) is 1. The first kappa shape index (κ1) is 24.3. The van der Waals surface area contributed by atoms with Gasteiger partial charge in [0, 0.05) is 16.8 Å². The van der Waals surface area contributed by atoms with Crippen LogP contribution in [0.15, 0.2) is 75.9 Å². The van der Waals surface area contributed by atoms with Crippen LogP contribution in [0.4, 0.5) is 4.79 Å². The molecule has 0 saturated carbocycles. The quantitative estimate of drug-likeness (QED) is 0.156. The average Bonchev–Trinajstić information content (AvgIpc) is 2.85. The van der Waals surface area contributed by atoms with E-state index in [1.807, 2.05) is 55.6 Å². The van der Waals surface area contributed by atoms with E-state index in [0.29, 0.717) is 23.1 Å². The molecule has 3 aromatic carbocycles. The predicted molar refractivity (Wildman–Crippen MR) is 137 cm³/mol. The van der Waals surface area contributed by atoms with Gasteiger partial charge in [-0.15, -0.1) is 0 Å². The van der Waals surface area contributed by atoms with Gasteiger partial charge in [-0.1, -0.05) is 48.5 Å². The molecule has 8 heteroatoms. The molecule has 1 amide bonds. The highest BCUT2D eigenvalue weighted by atomic mass is 32.2. The molecule has 1 atom stereocenters. The van der Waals surface area contributed by atoms with Gasteiger partial charge < -0.3 is 19.2 Å². The van der Waals surface area contributed by atoms with Crippen molar-refractivity contribution < 1.29 is 23.5 Å². The van der Waals surface area contributed by atoms with Gasteiger partial charge in [0.25, 0.3) is 0 Å². The van der Waals surface area contributed by atoms with Crippen molar-refractivity contribution in [1.82, 2.24) is 5.32 Å². The maximum absolute atomic E-state index is 13.0. The summed E-state index contributed by atoms with van der Waals surface area (Å²) in [6, 6.07) is 18.8. The van der Waals surface area contributed by atoms with Crippen molar-refractivity contribution in [3.05, 3.63) is 88.3 Å². The molecule has 180 valence electrons. The van der Waals surface area contributed by atoms with Crippen molar-refractivity contribution in [2.45, 2.75) is 26.0 Å². The Bertz CT molecular complexity index is 1420. The topological polar surface area (TPSA) is 94.8 Å². The van der Waals surface area contributed by atoms with Gasteiger partial charge in [-0.05, 0) is 48.6 Å². The summed E-state index contributed by atoms with van der Waals surface area (Å²) >= 11 is 1.55. The van der Waals surface area contributed by atoms with Crippen LogP contribution < -0.4 is 15.7 Å². The molecule has 0 saturated heterocycles. The summed E-state index contributed by atoms with van der Waals surface area (Å²) in [6.45, 7) is 1.95. The molecule has 0 aliphatic rings. The average molecular weight is 492 g/mol. The third kappa shape index (κ3) is 5.84. The summed E-state index contributed by atoms with van der Waals surface area (Å²) in [5.74, 6) is 0.237. The first-order valence-electron chi connectivity index (χ1n) is 11.1. The lowest BCUT2D eigenvalue weighted by Crippen LogP contribution is -2.43. The lowest BCUT2D eigenvalue weighted by atomic mass is 10.0. The number of esters is 1. The molecule has 4 rings (SSSR count). The second-order valence-electron chi connectivity index (χ2n) is 8.01. The first-order valence-corrected chi connectivity index (χ1v) is 12.5. The van der Waals surface area contributed by atoms with E-state index in [-0.39, 0.29) is 12.4 Å². The molecule has 1 aromatic heterocycles. The zero-order valence-corrected chi connectivity index (χ0v) is 20.2. The van der Waals surface area contributed by atoms with Gasteiger partial charge >= 0.3 is 17.7 Å². The van der Waals surface area contributed by atoms with Crippen LogP contribution in [0.1, 0.15) is 17.5 Å². The minimum atomic E-state index is -0.898. The van der Waals surface area contributed by atoms with E-state index in [1.165, 1.54) is 6.07 Å². The molecule has 1 unspecified atom stereocenters. The predicted octanol–water partition coefficient (Wildman–Crippen LogP) is 5.21. The Labute approximate surface area is 206 Å². The summed E-state index contributed by atoms with van der Waals surface area (Å²) < 4.78 is 16.4.